The van der Waals surface area contributed by atoms with Gasteiger partial charge in [0.2, 0.25) is 0 Å². The van der Waals surface area contributed by atoms with Gasteiger partial charge in [-0.25, -0.2) is 9.78 Å². The highest BCUT2D eigenvalue weighted by Crippen LogP contribution is 2.36. The number of nitrogens with one attached hydrogen (secondary N) is 1. The molecule has 1 aromatic carbocycles. The first-order valence-electron chi connectivity index (χ1n) is 8.99. The van der Waals surface area contributed by atoms with Crippen molar-refractivity contribution in [3.63, 3.8) is 0 Å². The van der Waals surface area contributed by atoms with Gasteiger partial charge >= 0.3 is 18.4 Å². The van der Waals surface area contributed by atoms with Crippen LogP contribution in [0.5, 0.6) is 0 Å². The summed E-state index contributed by atoms with van der Waals surface area (Å²) in [5.41, 5.74) is -1.50. The number of hydrogen-bond acceptors (Lipinski definition) is 3. The number of amides is 2. The fourth-order valence-corrected chi connectivity index (χ4v) is 3.26. The van der Waals surface area contributed by atoms with Crippen LogP contribution in [0.25, 0.3) is 0 Å². The van der Waals surface area contributed by atoms with Gasteiger partial charge in [-0.05, 0) is 43.3 Å². The molecule has 0 bridgehead atoms. The summed E-state index contributed by atoms with van der Waals surface area (Å²) in [6.07, 6.45) is -7.75. The molecule has 1 aromatic heterocycles. The summed E-state index contributed by atoms with van der Waals surface area (Å²) in [5, 5.41) is 2.52. The highest BCUT2D eigenvalue weighted by atomic mass is 19.4. The van der Waals surface area contributed by atoms with Crippen molar-refractivity contribution >= 4 is 17.5 Å². The van der Waals surface area contributed by atoms with Crippen molar-refractivity contribution in [2.24, 2.45) is 0 Å². The number of carbonyl (C=O) groups excluding carboxylic acids is 1. The summed E-state index contributed by atoms with van der Waals surface area (Å²) in [6.45, 7) is 2.06. The minimum atomic E-state index is -4.55. The van der Waals surface area contributed by atoms with Crippen molar-refractivity contribution in [2.45, 2.75) is 25.3 Å². The van der Waals surface area contributed by atoms with Crippen LogP contribution in [-0.2, 0) is 12.4 Å². The fourth-order valence-electron chi connectivity index (χ4n) is 3.26. The van der Waals surface area contributed by atoms with E-state index in [2.05, 4.69) is 10.3 Å². The Bertz CT molecular complexity index is 897. The summed E-state index contributed by atoms with van der Waals surface area (Å²) in [7, 11) is 0. The topological polar surface area (TPSA) is 48.5 Å². The van der Waals surface area contributed by atoms with Gasteiger partial charge in [-0.1, -0.05) is 0 Å². The van der Waals surface area contributed by atoms with Gasteiger partial charge in [0.25, 0.3) is 0 Å². The molecule has 11 heteroatoms. The molecule has 162 valence electrons. The largest absolute Gasteiger partial charge is 0.419 e. The monoisotopic (exact) mass is 432 g/mol. The Kier molecular flexibility index (Phi) is 5.82. The van der Waals surface area contributed by atoms with Crippen molar-refractivity contribution in [2.75, 3.05) is 29.9 Å². The zero-order chi connectivity index (χ0) is 22.1. The first-order chi connectivity index (χ1) is 14.0. The molecule has 1 N–H and O–H groups in total. The average molecular weight is 432 g/mol. The van der Waals surface area contributed by atoms with E-state index in [1.165, 1.54) is 22.1 Å². The number of hydrogen-bond donors (Lipinski definition) is 1. The molecule has 1 saturated heterocycles. The van der Waals surface area contributed by atoms with Crippen LogP contribution in [0.3, 0.4) is 0 Å². The highest BCUT2D eigenvalue weighted by Gasteiger charge is 2.37. The Hall–Kier alpha value is -2.98. The maximum atomic E-state index is 13.2. The third kappa shape index (κ3) is 4.77. The Balaban J connectivity index is 1.67. The lowest BCUT2D eigenvalue weighted by molar-refractivity contribution is -0.138. The molecule has 5 nitrogen and oxygen atoms in total. The van der Waals surface area contributed by atoms with E-state index in [0.29, 0.717) is 0 Å². The van der Waals surface area contributed by atoms with Crippen molar-refractivity contribution in [3.8, 4) is 0 Å². The summed E-state index contributed by atoms with van der Waals surface area (Å²) in [5.74, 6) is -0.195. The van der Waals surface area contributed by atoms with Crippen LogP contribution in [0.15, 0.2) is 42.6 Å². The molecule has 2 amide bonds. The molecule has 0 radical (unpaired) electrons. The first-order valence-corrected chi connectivity index (χ1v) is 8.99. The Morgan fingerprint density at radius 3 is 2.27 bits per heavy atom. The molecule has 1 aliphatic rings. The van der Waals surface area contributed by atoms with E-state index < -0.39 is 35.6 Å². The predicted molar refractivity (Wildman–Crippen MR) is 98.1 cm³/mol. The summed E-state index contributed by atoms with van der Waals surface area (Å²) in [6, 6.07) is 5.18. The first kappa shape index (κ1) is 21.7. The normalized spacial score (nSPS) is 17.8. The molecule has 1 fully saturated rings. The molecule has 2 heterocycles. The Labute approximate surface area is 168 Å². The van der Waals surface area contributed by atoms with Gasteiger partial charge in [0.15, 0.2) is 0 Å². The maximum Gasteiger partial charge on any atom is 0.419 e. The van der Waals surface area contributed by atoms with E-state index in [1.54, 1.807) is 6.92 Å². The fraction of sp³-hybridized carbons (Fsp3) is 0.368. The number of anilines is 2. The van der Waals surface area contributed by atoms with Gasteiger partial charge < -0.3 is 15.1 Å². The van der Waals surface area contributed by atoms with E-state index >= 15 is 0 Å². The molecule has 0 aliphatic carbocycles. The summed E-state index contributed by atoms with van der Waals surface area (Å²) >= 11 is 0. The van der Waals surface area contributed by atoms with E-state index in [0.717, 1.165) is 30.3 Å². The van der Waals surface area contributed by atoms with Gasteiger partial charge in [-0.15, -0.1) is 0 Å². The van der Waals surface area contributed by atoms with Crippen LogP contribution in [-0.4, -0.2) is 41.6 Å². The molecular weight excluding hydrogens is 414 g/mol. The van der Waals surface area contributed by atoms with Gasteiger partial charge in [-0.3, -0.25) is 0 Å². The molecule has 3 rings (SSSR count). The molecule has 1 aliphatic heterocycles. The molecule has 0 unspecified atom stereocenters. The maximum absolute atomic E-state index is 13.2. The van der Waals surface area contributed by atoms with E-state index in [4.69, 9.17) is 0 Å². The van der Waals surface area contributed by atoms with Crippen LogP contribution in [0.1, 0.15) is 18.1 Å². The van der Waals surface area contributed by atoms with Crippen molar-refractivity contribution in [3.05, 3.63) is 53.7 Å². The Morgan fingerprint density at radius 2 is 1.70 bits per heavy atom. The number of halogens is 6. The minimum Gasteiger partial charge on any atom is -0.352 e. The lowest BCUT2D eigenvalue weighted by Crippen LogP contribution is -2.55. The molecule has 30 heavy (non-hydrogen) atoms. The number of pyridine rings is 1. The lowest BCUT2D eigenvalue weighted by Gasteiger charge is -2.40. The quantitative estimate of drug-likeness (QED) is 0.690. The zero-order valence-electron chi connectivity index (χ0n) is 15.8. The second kappa shape index (κ2) is 8.04. The van der Waals surface area contributed by atoms with Gasteiger partial charge in [0.05, 0.1) is 11.1 Å². The number of aromatic nitrogens is 1. The van der Waals surface area contributed by atoms with Crippen LogP contribution >= 0.6 is 0 Å². The lowest BCUT2D eigenvalue weighted by atomic mass is 10.1. The summed E-state index contributed by atoms with van der Waals surface area (Å²) < 4.78 is 77.6. The zero-order valence-corrected chi connectivity index (χ0v) is 15.8. The molecular formula is C19H18F6N4O. The van der Waals surface area contributed by atoms with Crippen molar-refractivity contribution < 1.29 is 31.1 Å². The van der Waals surface area contributed by atoms with E-state index in [9.17, 15) is 31.1 Å². The number of nitrogens with zero attached hydrogens (tertiary/aromatic N) is 3. The molecule has 1 atom stereocenters. The van der Waals surface area contributed by atoms with Crippen LogP contribution < -0.4 is 10.2 Å². The SMILES string of the molecule is C[C@@H]1CN(c2ncccc2C(F)(F)F)CCN1C(=O)Nc1ccc(C(F)(F)F)cc1. The number of carbonyl (C=O) groups is 1. The minimum absolute atomic E-state index is 0.126. The van der Waals surface area contributed by atoms with Crippen molar-refractivity contribution in [1.29, 1.82) is 0 Å². The van der Waals surface area contributed by atoms with Crippen LogP contribution in [0.2, 0.25) is 0 Å². The molecule has 0 spiro atoms. The average Bonchev–Trinajstić information content (AvgIpc) is 2.67. The molecule has 0 saturated carbocycles. The summed E-state index contributed by atoms with van der Waals surface area (Å²) in [4.78, 5) is 19.3. The molecule has 2 aromatic rings. The highest BCUT2D eigenvalue weighted by molar-refractivity contribution is 5.89. The number of alkyl halides is 6. The number of rotatable bonds is 2. The number of urea groups is 1. The van der Waals surface area contributed by atoms with Gasteiger partial charge in [0, 0.05) is 37.6 Å². The standard InChI is InChI=1S/C19H18F6N4O/c1-12-11-28(16-15(19(23,24)25)3-2-8-26-16)9-10-29(12)17(30)27-14-6-4-13(5-7-14)18(20,21)22/h2-8,12H,9-11H2,1H3,(H,27,30)/t12-/m1/s1. The van der Waals surface area contributed by atoms with E-state index in [-0.39, 0.29) is 31.1 Å². The third-order valence-electron chi connectivity index (χ3n) is 4.74. The number of piperazine rings is 1. The number of benzene rings is 1. The Morgan fingerprint density at radius 1 is 1.03 bits per heavy atom. The van der Waals surface area contributed by atoms with Gasteiger partial charge in [0.1, 0.15) is 5.82 Å². The third-order valence-corrected chi connectivity index (χ3v) is 4.74. The van der Waals surface area contributed by atoms with E-state index in [1.807, 2.05) is 0 Å². The van der Waals surface area contributed by atoms with Crippen molar-refractivity contribution in [1.82, 2.24) is 9.88 Å². The second-order valence-electron chi connectivity index (χ2n) is 6.87. The smallest absolute Gasteiger partial charge is 0.352 e. The van der Waals surface area contributed by atoms with Gasteiger partial charge in [-0.2, -0.15) is 26.3 Å². The van der Waals surface area contributed by atoms with Crippen LogP contribution in [0.4, 0.5) is 42.6 Å². The predicted octanol–water partition coefficient (Wildman–Crippen LogP) is 4.86. The second-order valence-corrected chi connectivity index (χ2v) is 6.87. The van der Waals surface area contributed by atoms with Crippen LogP contribution in [0, 0.1) is 0 Å².